The van der Waals surface area contributed by atoms with E-state index in [0.29, 0.717) is 24.1 Å². The van der Waals surface area contributed by atoms with Crippen LogP contribution in [0.1, 0.15) is 16.7 Å². The zero-order valence-corrected chi connectivity index (χ0v) is 14.0. The first-order chi connectivity index (χ1) is 11.3. The fourth-order valence-corrected chi connectivity index (χ4v) is 2.53. The van der Waals surface area contributed by atoms with E-state index in [1.54, 1.807) is 0 Å². The minimum absolute atomic E-state index is 0.103. The highest BCUT2D eigenvalue weighted by Gasteiger charge is 2.29. The van der Waals surface area contributed by atoms with Gasteiger partial charge in [0, 0.05) is 6.54 Å². The number of hydrogen-bond acceptors (Lipinski definition) is 1. The van der Waals surface area contributed by atoms with E-state index in [2.05, 4.69) is 21.2 Å². The van der Waals surface area contributed by atoms with E-state index in [0.717, 1.165) is 12.1 Å². The van der Waals surface area contributed by atoms with Crippen LogP contribution in [0.4, 0.5) is 17.6 Å². The first-order valence-corrected chi connectivity index (χ1v) is 7.92. The van der Waals surface area contributed by atoms with E-state index in [4.69, 9.17) is 0 Å². The van der Waals surface area contributed by atoms with Crippen molar-refractivity contribution < 1.29 is 22.4 Å². The summed E-state index contributed by atoms with van der Waals surface area (Å²) in [5.74, 6) is -0.637. The molecule has 0 saturated heterocycles. The fourth-order valence-electron chi connectivity index (χ4n) is 2.10. The van der Waals surface area contributed by atoms with Crippen molar-refractivity contribution in [3.63, 3.8) is 0 Å². The molecule has 0 aliphatic carbocycles. The summed E-state index contributed by atoms with van der Waals surface area (Å²) in [7, 11) is 0. The minimum atomic E-state index is -4.35. The van der Waals surface area contributed by atoms with Crippen molar-refractivity contribution in [1.82, 2.24) is 5.32 Å². The summed E-state index contributed by atoms with van der Waals surface area (Å²) < 4.78 is 50.8. The van der Waals surface area contributed by atoms with Gasteiger partial charge >= 0.3 is 6.18 Å². The average molecular weight is 404 g/mol. The molecule has 24 heavy (non-hydrogen) atoms. The van der Waals surface area contributed by atoms with Gasteiger partial charge in [-0.05, 0) is 57.7 Å². The lowest BCUT2D eigenvalue weighted by molar-refractivity contribution is -0.137. The Hall–Kier alpha value is -1.89. The molecule has 0 unspecified atom stereocenters. The third-order valence-corrected chi connectivity index (χ3v) is 3.97. The van der Waals surface area contributed by atoms with Crippen molar-refractivity contribution in [3.05, 3.63) is 69.4 Å². The van der Waals surface area contributed by atoms with Crippen LogP contribution in [-0.4, -0.2) is 12.5 Å². The molecule has 128 valence electrons. The molecule has 2 aromatic rings. The van der Waals surface area contributed by atoms with Crippen LogP contribution in [0.5, 0.6) is 0 Å². The summed E-state index contributed by atoms with van der Waals surface area (Å²) in [6, 6.07) is 9.16. The lowest BCUT2D eigenvalue weighted by Crippen LogP contribution is -2.27. The Labute approximate surface area is 145 Å². The molecular weight excluding hydrogens is 390 g/mol. The molecule has 7 heteroatoms. The maximum Gasteiger partial charge on any atom is 0.416 e. The Morgan fingerprint density at radius 3 is 2.25 bits per heavy atom. The van der Waals surface area contributed by atoms with Crippen LogP contribution < -0.4 is 5.32 Å². The highest BCUT2D eigenvalue weighted by molar-refractivity contribution is 9.10. The van der Waals surface area contributed by atoms with Gasteiger partial charge in [-0.3, -0.25) is 4.79 Å². The third kappa shape index (κ3) is 5.33. The SMILES string of the molecule is O=C(Cc1ccc(F)c(Br)c1)NCCc1ccc(C(F)(F)F)cc1. The number of alkyl halides is 3. The van der Waals surface area contributed by atoms with Gasteiger partial charge in [-0.1, -0.05) is 18.2 Å². The van der Waals surface area contributed by atoms with E-state index in [1.165, 1.54) is 30.3 Å². The first kappa shape index (κ1) is 18.4. The summed E-state index contributed by atoms with van der Waals surface area (Å²) in [5.41, 5.74) is 0.667. The van der Waals surface area contributed by atoms with Crippen molar-refractivity contribution in [2.75, 3.05) is 6.54 Å². The highest BCUT2D eigenvalue weighted by atomic mass is 79.9. The summed E-state index contributed by atoms with van der Waals surface area (Å²) in [6.07, 6.45) is -3.82. The van der Waals surface area contributed by atoms with E-state index < -0.39 is 17.6 Å². The molecule has 0 bridgehead atoms. The number of carbonyl (C=O) groups is 1. The Morgan fingerprint density at radius 2 is 1.67 bits per heavy atom. The van der Waals surface area contributed by atoms with Crippen LogP contribution in [0.2, 0.25) is 0 Å². The zero-order valence-electron chi connectivity index (χ0n) is 12.5. The van der Waals surface area contributed by atoms with E-state index >= 15 is 0 Å². The molecule has 0 heterocycles. The lowest BCUT2D eigenvalue weighted by atomic mass is 10.1. The van der Waals surface area contributed by atoms with Crippen molar-refractivity contribution >= 4 is 21.8 Å². The van der Waals surface area contributed by atoms with Gasteiger partial charge < -0.3 is 5.32 Å². The summed E-state index contributed by atoms with van der Waals surface area (Å²) in [4.78, 5) is 11.8. The molecule has 1 N–H and O–H groups in total. The quantitative estimate of drug-likeness (QED) is 0.731. The number of rotatable bonds is 5. The van der Waals surface area contributed by atoms with Crippen LogP contribution >= 0.6 is 15.9 Å². The molecule has 2 nitrogen and oxygen atoms in total. The second-order valence-electron chi connectivity index (χ2n) is 5.22. The second kappa shape index (κ2) is 7.79. The number of nitrogens with one attached hydrogen (secondary N) is 1. The number of benzene rings is 2. The molecule has 1 amide bonds. The summed E-state index contributed by atoms with van der Waals surface area (Å²) in [6.45, 7) is 0.312. The Kier molecular flexibility index (Phi) is 5.99. The van der Waals surface area contributed by atoms with Gasteiger partial charge in [0.05, 0.1) is 16.5 Å². The number of amides is 1. The number of hydrogen-bond donors (Lipinski definition) is 1. The van der Waals surface area contributed by atoms with Crippen LogP contribution in [0.25, 0.3) is 0 Å². The zero-order chi connectivity index (χ0) is 17.7. The molecule has 0 aliphatic heterocycles. The van der Waals surface area contributed by atoms with Crippen molar-refractivity contribution in [2.24, 2.45) is 0 Å². The predicted molar refractivity (Wildman–Crippen MR) is 86.0 cm³/mol. The van der Waals surface area contributed by atoms with Crippen LogP contribution in [0.3, 0.4) is 0 Å². The molecule has 0 saturated carbocycles. The lowest BCUT2D eigenvalue weighted by Gasteiger charge is -2.08. The standard InChI is InChI=1S/C17H14BrF4NO/c18-14-9-12(3-6-15(14)19)10-16(24)23-8-7-11-1-4-13(5-2-11)17(20,21)22/h1-6,9H,7-8,10H2,(H,23,24). The van der Waals surface area contributed by atoms with Gasteiger partial charge in [0.25, 0.3) is 0 Å². The molecule has 2 rings (SSSR count). The van der Waals surface area contributed by atoms with Crippen LogP contribution in [-0.2, 0) is 23.8 Å². The monoisotopic (exact) mass is 403 g/mol. The van der Waals surface area contributed by atoms with Gasteiger partial charge in [0.1, 0.15) is 5.82 Å². The highest BCUT2D eigenvalue weighted by Crippen LogP contribution is 2.29. The molecule has 0 fully saturated rings. The molecule has 0 aliphatic rings. The smallest absolute Gasteiger partial charge is 0.355 e. The second-order valence-corrected chi connectivity index (χ2v) is 6.07. The topological polar surface area (TPSA) is 29.1 Å². The molecular formula is C17H14BrF4NO. The Bertz CT molecular complexity index is 714. The van der Waals surface area contributed by atoms with E-state index in [-0.39, 0.29) is 16.8 Å². The predicted octanol–water partition coefficient (Wildman–Crippen LogP) is 4.51. The third-order valence-electron chi connectivity index (χ3n) is 3.37. The molecule has 2 aromatic carbocycles. The summed E-state index contributed by atoms with van der Waals surface area (Å²) in [5, 5.41) is 2.69. The summed E-state index contributed by atoms with van der Waals surface area (Å²) >= 11 is 3.05. The van der Waals surface area contributed by atoms with Crippen molar-refractivity contribution in [2.45, 2.75) is 19.0 Å². The van der Waals surface area contributed by atoms with Gasteiger partial charge in [-0.15, -0.1) is 0 Å². The number of halogens is 5. The maximum absolute atomic E-state index is 13.1. The van der Waals surface area contributed by atoms with Gasteiger partial charge in [0.15, 0.2) is 0 Å². The first-order valence-electron chi connectivity index (χ1n) is 7.12. The van der Waals surface area contributed by atoms with Crippen LogP contribution in [0, 0.1) is 5.82 Å². The normalized spacial score (nSPS) is 11.4. The Balaban J connectivity index is 1.81. The van der Waals surface area contributed by atoms with E-state index in [1.807, 2.05) is 0 Å². The Morgan fingerprint density at radius 1 is 1.04 bits per heavy atom. The van der Waals surface area contributed by atoms with Crippen molar-refractivity contribution in [1.29, 1.82) is 0 Å². The van der Waals surface area contributed by atoms with Gasteiger partial charge in [0.2, 0.25) is 5.91 Å². The van der Waals surface area contributed by atoms with Crippen LogP contribution in [0.15, 0.2) is 46.9 Å². The molecule has 0 radical (unpaired) electrons. The average Bonchev–Trinajstić information content (AvgIpc) is 2.50. The minimum Gasteiger partial charge on any atom is -0.355 e. The van der Waals surface area contributed by atoms with Gasteiger partial charge in [-0.2, -0.15) is 13.2 Å². The number of carbonyl (C=O) groups excluding carboxylic acids is 1. The van der Waals surface area contributed by atoms with Gasteiger partial charge in [-0.25, -0.2) is 4.39 Å². The molecule has 0 aromatic heterocycles. The largest absolute Gasteiger partial charge is 0.416 e. The fraction of sp³-hybridized carbons (Fsp3) is 0.235. The van der Waals surface area contributed by atoms with E-state index in [9.17, 15) is 22.4 Å². The molecule has 0 spiro atoms. The van der Waals surface area contributed by atoms with Crippen molar-refractivity contribution in [3.8, 4) is 0 Å². The maximum atomic E-state index is 13.1. The molecule has 0 atom stereocenters.